The number of rotatable bonds is 3. The summed E-state index contributed by atoms with van der Waals surface area (Å²) in [4.78, 5) is 16.5. The van der Waals surface area contributed by atoms with Gasteiger partial charge in [-0.15, -0.1) is 0 Å². The number of morpholine rings is 1. The molecule has 1 unspecified atom stereocenters. The number of nitro groups is 1. The number of fused-ring (bicyclic) bond motifs is 1. The average Bonchev–Trinajstić information content (AvgIpc) is 3.24. The van der Waals surface area contributed by atoms with Crippen LogP contribution in [0.2, 0.25) is 0 Å². The van der Waals surface area contributed by atoms with Gasteiger partial charge in [-0.1, -0.05) is 9.61 Å². The molecule has 3 aromatic rings. The summed E-state index contributed by atoms with van der Waals surface area (Å²) >= 11 is 0. The van der Waals surface area contributed by atoms with E-state index in [0.717, 1.165) is 5.76 Å². The van der Waals surface area contributed by atoms with Gasteiger partial charge in [-0.05, 0) is 23.1 Å². The summed E-state index contributed by atoms with van der Waals surface area (Å²) in [6, 6.07) is 7.20. The van der Waals surface area contributed by atoms with Crippen LogP contribution >= 0.6 is 0 Å². The fourth-order valence-corrected chi connectivity index (χ4v) is 2.65. The molecule has 3 aromatic heterocycles. The standard InChI is InChI=1S/C14H13N5O4/c20-19(21)14-8-15-12-3-4-13(16-18(12)14)17-5-7-23-11(9-17)10-2-1-6-22-10/h1-4,6,8,11H,5,7,9H2. The largest absolute Gasteiger partial charge is 0.467 e. The lowest BCUT2D eigenvalue weighted by Crippen LogP contribution is -2.39. The fourth-order valence-electron chi connectivity index (χ4n) is 2.65. The normalized spacial score (nSPS) is 18.4. The molecule has 1 aliphatic heterocycles. The van der Waals surface area contributed by atoms with E-state index >= 15 is 0 Å². The number of hydrogen-bond acceptors (Lipinski definition) is 7. The van der Waals surface area contributed by atoms with E-state index in [-0.39, 0.29) is 11.9 Å². The molecule has 1 aliphatic rings. The van der Waals surface area contributed by atoms with E-state index in [1.165, 1.54) is 10.7 Å². The summed E-state index contributed by atoms with van der Waals surface area (Å²) in [5.74, 6) is 1.24. The van der Waals surface area contributed by atoms with Crippen molar-refractivity contribution >= 4 is 17.3 Å². The summed E-state index contributed by atoms with van der Waals surface area (Å²) in [5.41, 5.74) is 0.441. The molecule has 1 atom stereocenters. The number of nitrogens with zero attached hydrogens (tertiary/aromatic N) is 5. The lowest BCUT2D eigenvalue weighted by atomic mass is 10.2. The zero-order valence-corrected chi connectivity index (χ0v) is 12.0. The Balaban J connectivity index is 1.65. The SMILES string of the molecule is O=[N+]([O-])c1cnc2ccc(N3CCOC(c4ccco4)C3)nn12. The molecule has 1 saturated heterocycles. The maximum atomic E-state index is 11.0. The highest BCUT2D eigenvalue weighted by atomic mass is 16.6. The highest BCUT2D eigenvalue weighted by molar-refractivity contribution is 5.49. The van der Waals surface area contributed by atoms with Crippen LogP contribution in [0.4, 0.5) is 11.6 Å². The van der Waals surface area contributed by atoms with E-state index in [1.807, 2.05) is 17.0 Å². The van der Waals surface area contributed by atoms with Crippen LogP contribution in [0.25, 0.3) is 5.65 Å². The Morgan fingerprint density at radius 1 is 1.35 bits per heavy atom. The number of imidazole rings is 1. The van der Waals surface area contributed by atoms with E-state index in [1.54, 1.807) is 18.4 Å². The maximum absolute atomic E-state index is 11.0. The monoisotopic (exact) mass is 315 g/mol. The quantitative estimate of drug-likeness (QED) is 0.537. The smallest absolute Gasteiger partial charge is 0.368 e. The molecule has 23 heavy (non-hydrogen) atoms. The fraction of sp³-hybridized carbons (Fsp3) is 0.286. The third-order valence-corrected chi connectivity index (χ3v) is 3.77. The summed E-state index contributed by atoms with van der Waals surface area (Å²) in [7, 11) is 0. The van der Waals surface area contributed by atoms with E-state index in [2.05, 4.69) is 10.1 Å². The predicted octanol–water partition coefficient (Wildman–Crippen LogP) is 1.81. The van der Waals surface area contributed by atoms with Crippen molar-refractivity contribution in [1.82, 2.24) is 14.6 Å². The van der Waals surface area contributed by atoms with Crippen molar-refractivity contribution in [3.8, 4) is 0 Å². The first kappa shape index (κ1) is 13.7. The number of furan rings is 1. The summed E-state index contributed by atoms with van der Waals surface area (Å²) < 4.78 is 12.3. The molecule has 0 saturated carbocycles. The van der Waals surface area contributed by atoms with Crippen LogP contribution in [-0.2, 0) is 4.74 Å². The van der Waals surface area contributed by atoms with Crippen molar-refractivity contribution in [3.63, 3.8) is 0 Å². The number of anilines is 1. The van der Waals surface area contributed by atoms with E-state index in [4.69, 9.17) is 9.15 Å². The van der Waals surface area contributed by atoms with Crippen molar-refractivity contribution in [1.29, 1.82) is 0 Å². The Morgan fingerprint density at radius 2 is 2.26 bits per heavy atom. The molecule has 9 nitrogen and oxygen atoms in total. The molecule has 0 aromatic carbocycles. The third-order valence-electron chi connectivity index (χ3n) is 3.77. The zero-order chi connectivity index (χ0) is 15.8. The molecule has 0 spiro atoms. The highest BCUT2D eigenvalue weighted by Crippen LogP contribution is 2.26. The molecule has 118 valence electrons. The van der Waals surface area contributed by atoms with Gasteiger partial charge in [-0.25, -0.2) is 4.98 Å². The number of aromatic nitrogens is 3. The van der Waals surface area contributed by atoms with E-state index in [0.29, 0.717) is 31.2 Å². The lowest BCUT2D eigenvalue weighted by Gasteiger charge is -2.32. The van der Waals surface area contributed by atoms with Crippen LogP contribution < -0.4 is 4.90 Å². The molecule has 0 aliphatic carbocycles. The molecular formula is C14H13N5O4. The van der Waals surface area contributed by atoms with Crippen molar-refractivity contribution < 1.29 is 14.1 Å². The van der Waals surface area contributed by atoms with Crippen LogP contribution in [0.1, 0.15) is 11.9 Å². The van der Waals surface area contributed by atoms with E-state index in [9.17, 15) is 10.1 Å². The molecule has 0 radical (unpaired) electrons. The predicted molar refractivity (Wildman–Crippen MR) is 79.3 cm³/mol. The molecule has 4 heterocycles. The molecule has 4 rings (SSSR count). The minimum Gasteiger partial charge on any atom is -0.467 e. The van der Waals surface area contributed by atoms with Gasteiger partial charge < -0.3 is 24.2 Å². The van der Waals surface area contributed by atoms with Gasteiger partial charge in [-0.2, -0.15) is 0 Å². The van der Waals surface area contributed by atoms with Crippen LogP contribution in [0, 0.1) is 10.1 Å². The van der Waals surface area contributed by atoms with Crippen LogP contribution in [0.15, 0.2) is 41.1 Å². The molecular weight excluding hydrogens is 302 g/mol. The molecule has 0 amide bonds. The second kappa shape index (κ2) is 5.36. The van der Waals surface area contributed by atoms with Crippen molar-refractivity contribution in [3.05, 3.63) is 52.6 Å². The molecule has 9 heteroatoms. The van der Waals surface area contributed by atoms with Gasteiger partial charge in [0.05, 0.1) is 19.4 Å². The summed E-state index contributed by atoms with van der Waals surface area (Å²) in [5, 5.41) is 15.4. The Morgan fingerprint density at radius 3 is 3.04 bits per heavy atom. The second-order valence-corrected chi connectivity index (χ2v) is 5.16. The third kappa shape index (κ3) is 2.40. The Bertz CT molecular complexity index is 844. The average molecular weight is 315 g/mol. The molecule has 0 N–H and O–H groups in total. The minimum atomic E-state index is -0.498. The zero-order valence-electron chi connectivity index (χ0n) is 12.0. The Labute approximate surface area is 130 Å². The van der Waals surface area contributed by atoms with Crippen LogP contribution in [0.5, 0.6) is 0 Å². The summed E-state index contributed by atoms with van der Waals surface area (Å²) in [6.45, 7) is 1.74. The van der Waals surface area contributed by atoms with Gasteiger partial charge in [0.15, 0.2) is 5.82 Å². The summed E-state index contributed by atoms with van der Waals surface area (Å²) in [6.07, 6.45) is 2.63. The van der Waals surface area contributed by atoms with Gasteiger partial charge in [-0.3, -0.25) is 0 Å². The number of hydrogen-bond donors (Lipinski definition) is 0. The lowest BCUT2D eigenvalue weighted by molar-refractivity contribution is -0.391. The van der Waals surface area contributed by atoms with Gasteiger partial charge >= 0.3 is 5.82 Å². The first-order chi connectivity index (χ1) is 11.2. The minimum absolute atomic E-state index is 0.155. The molecule has 1 fully saturated rings. The van der Waals surface area contributed by atoms with Crippen molar-refractivity contribution in [2.24, 2.45) is 0 Å². The van der Waals surface area contributed by atoms with E-state index < -0.39 is 4.92 Å². The highest BCUT2D eigenvalue weighted by Gasteiger charge is 2.26. The van der Waals surface area contributed by atoms with Gasteiger partial charge in [0, 0.05) is 12.6 Å². The van der Waals surface area contributed by atoms with Crippen LogP contribution in [0.3, 0.4) is 0 Å². The number of ether oxygens (including phenoxy) is 1. The first-order valence-electron chi connectivity index (χ1n) is 7.11. The van der Waals surface area contributed by atoms with Crippen molar-refractivity contribution in [2.75, 3.05) is 24.6 Å². The van der Waals surface area contributed by atoms with Gasteiger partial charge in [0.1, 0.15) is 18.1 Å². The second-order valence-electron chi connectivity index (χ2n) is 5.16. The Kier molecular flexibility index (Phi) is 3.19. The van der Waals surface area contributed by atoms with Gasteiger partial charge in [0.25, 0.3) is 0 Å². The maximum Gasteiger partial charge on any atom is 0.368 e. The van der Waals surface area contributed by atoms with Crippen molar-refractivity contribution in [2.45, 2.75) is 6.10 Å². The molecule has 0 bridgehead atoms. The van der Waals surface area contributed by atoms with Crippen LogP contribution in [-0.4, -0.2) is 39.2 Å². The van der Waals surface area contributed by atoms with Gasteiger partial charge in [0.2, 0.25) is 5.65 Å². The first-order valence-corrected chi connectivity index (χ1v) is 7.11. The Hall–Kier alpha value is -2.94. The topological polar surface area (TPSA) is 98.9 Å².